The van der Waals surface area contributed by atoms with Crippen LogP contribution < -0.4 is 0 Å². The Balaban J connectivity index is 1.78. The first-order chi connectivity index (χ1) is 10.2. The second kappa shape index (κ2) is 5.53. The smallest absolute Gasteiger partial charge is 0.270 e. The summed E-state index contributed by atoms with van der Waals surface area (Å²) in [5.74, 6) is 0.116. The number of hydrogen-bond acceptors (Lipinski definition) is 3. The van der Waals surface area contributed by atoms with Crippen LogP contribution >= 0.6 is 0 Å². The fourth-order valence-corrected chi connectivity index (χ4v) is 3.92. The Kier molecular flexibility index (Phi) is 3.73. The zero-order valence-corrected chi connectivity index (χ0v) is 12.6. The third-order valence-electron chi connectivity index (χ3n) is 5.01. The highest BCUT2D eigenvalue weighted by Crippen LogP contribution is 2.37. The minimum Gasteiger partial charge on any atom is -0.347 e. The van der Waals surface area contributed by atoms with Gasteiger partial charge in [0.05, 0.1) is 12.6 Å². The molecule has 0 bridgehead atoms. The van der Waals surface area contributed by atoms with Crippen molar-refractivity contribution in [2.24, 2.45) is 7.05 Å². The van der Waals surface area contributed by atoms with Gasteiger partial charge in [-0.25, -0.2) is 0 Å². The van der Waals surface area contributed by atoms with E-state index in [-0.39, 0.29) is 11.4 Å². The summed E-state index contributed by atoms with van der Waals surface area (Å²) in [5, 5.41) is 9.03. The fraction of sp³-hybridized carbons (Fsp3) is 0.625. The van der Waals surface area contributed by atoms with Crippen molar-refractivity contribution in [2.45, 2.75) is 31.2 Å². The minimum absolute atomic E-state index is 0.0365. The molecule has 3 rings (SSSR count). The van der Waals surface area contributed by atoms with E-state index in [9.17, 15) is 4.79 Å². The number of nitriles is 1. The maximum absolute atomic E-state index is 12.7. The van der Waals surface area contributed by atoms with Crippen molar-refractivity contribution in [1.29, 1.82) is 5.26 Å². The van der Waals surface area contributed by atoms with Gasteiger partial charge in [-0.2, -0.15) is 5.26 Å². The second-order valence-electron chi connectivity index (χ2n) is 6.24. The van der Waals surface area contributed by atoms with Gasteiger partial charge in [0.25, 0.3) is 5.91 Å². The molecular formula is C16H22N4O. The summed E-state index contributed by atoms with van der Waals surface area (Å²) in [5.41, 5.74) is 0.784. The van der Waals surface area contributed by atoms with Gasteiger partial charge in [0.2, 0.25) is 0 Å². The number of piperidine rings is 1. The van der Waals surface area contributed by atoms with Crippen LogP contribution in [-0.4, -0.2) is 52.0 Å². The van der Waals surface area contributed by atoms with E-state index in [0.717, 1.165) is 51.0 Å². The molecule has 2 saturated heterocycles. The fourth-order valence-electron chi connectivity index (χ4n) is 3.92. The number of carbonyl (C=O) groups is 1. The SMILES string of the molecule is Cn1cccc1C(=O)N1CCCC2(CCCN2CC#N)C1. The standard InChI is InChI=1S/C16H22N4O/c1-18-9-2-5-14(18)15(21)19-10-3-6-16(13-19)7-4-11-20(16)12-8-17/h2,5,9H,3-4,6-7,10-13H2,1H3. The molecule has 1 atom stereocenters. The normalized spacial score (nSPS) is 26.2. The molecule has 0 N–H and O–H groups in total. The van der Waals surface area contributed by atoms with E-state index < -0.39 is 0 Å². The molecule has 1 aromatic rings. The average Bonchev–Trinajstić information content (AvgIpc) is 3.06. The lowest BCUT2D eigenvalue weighted by Gasteiger charge is -2.45. The molecule has 1 aromatic heterocycles. The minimum atomic E-state index is 0.0365. The third kappa shape index (κ3) is 2.44. The topological polar surface area (TPSA) is 52.3 Å². The highest BCUT2D eigenvalue weighted by atomic mass is 16.2. The van der Waals surface area contributed by atoms with E-state index in [0.29, 0.717) is 6.54 Å². The summed E-state index contributed by atoms with van der Waals surface area (Å²) in [4.78, 5) is 17.0. The van der Waals surface area contributed by atoms with Crippen LogP contribution in [0.25, 0.3) is 0 Å². The van der Waals surface area contributed by atoms with Crippen LogP contribution in [0.4, 0.5) is 0 Å². The van der Waals surface area contributed by atoms with Crippen molar-refractivity contribution in [3.05, 3.63) is 24.0 Å². The Morgan fingerprint density at radius 3 is 2.81 bits per heavy atom. The van der Waals surface area contributed by atoms with Crippen molar-refractivity contribution in [3.8, 4) is 6.07 Å². The van der Waals surface area contributed by atoms with E-state index >= 15 is 0 Å². The lowest BCUT2D eigenvalue weighted by atomic mass is 9.86. The molecule has 1 unspecified atom stereocenters. The van der Waals surface area contributed by atoms with Gasteiger partial charge in [-0.1, -0.05) is 0 Å². The molecule has 2 aliphatic rings. The Hall–Kier alpha value is -1.80. The molecule has 1 amide bonds. The Labute approximate surface area is 125 Å². The lowest BCUT2D eigenvalue weighted by molar-refractivity contribution is 0.0365. The maximum atomic E-state index is 12.7. The summed E-state index contributed by atoms with van der Waals surface area (Å²) in [6.45, 7) is 3.05. The summed E-state index contributed by atoms with van der Waals surface area (Å²) in [7, 11) is 1.91. The number of rotatable bonds is 2. The van der Waals surface area contributed by atoms with Gasteiger partial charge in [0.1, 0.15) is 5.69 Å². The highest BCUT2D eigenvalue weighted by molar-refractivity contribution is 5.92. The Morgan fingerprint density at radius 2 is 2.14 bits per heavy atom. The number of aromatic nitrogens is 1. The highest BCUT2D eigenvalue weighted by Gasteiger charge is 2.44. The molecule has 2 fully saturated rings. The molecule has 0 saturated carbocycles. The number of nitrogens with zero attached hydrogens (tertiary/aromatic N) is 4. The molecule has 1 spiro atoms. The number of amides is 1. The van der Waals surface area contributed by atoms with Crippen molar-refractivity contribution in [1.82, 2.24) is 14.4 Å². The zero-order valence-electron chi connectivity index (χ0n) is 12.6. The lowest BCUT2D eigenvalue weighted by Crippen LogP contribution is -2.57. The largest absolute Gasteiger partial charge is 0.347 e. The Bertz CT molecular complexity index is 573. The first kappa shape index (κ1) is 14.2. The summed E-state index contributed by atoms with van der Waals surface area (Å²) >= 11 is 0. The van der Waals surface area contributed by atoms with Gasteiger partial charge >= 0.3 is 0 Å². The van der Waals surface area contributed by atoms with Crippen LogP contribution in [0, 0.1) is 11.3 Å². The quantitative estimate of drug-likeness (QED) is 0.776. The average molecular weight is 286 g/mol. The van der Waals surface area contributed by atoms with Gasteiger partial charge in [0.15, 0.2) is 0 Å². The van der Waals surface area contributed by atoms with Gasteiger partial charge in [-0.3, -0.25) is 9.69 Å². The van der Waals surface area contributed by atoms with Crippen LogP contribution in [0.3, 0.4) is 0 Å². The molecule has 0 aliphatic carbocycles. The molecule has 5 heteroatoms. The Morgan fingerprint density at radius 1 is 1.38 bits per heavy atom. The van der Waals surface area contributed by atoms with Gasteiger partial charge < -0.3 is 9.47 Å². The van der Waals surface area contributed by atoms with Gasteiger partial charge in [-0.15, -0.1) is 0 Å². The van der Waals surface area contributed by atoms with Gasteiger partial charge in [-0.05, 0) is 44.4 Å². The molecule has 0 aromatic carbocycles. The monoisotopic (exact) mass is 286 g/mol. The van der Waals surface area contributed by atoms with E-state index in [4.69, 9.17) is 5.26 Å². The predicted octanol–water partition coefficient (Wildman–Crippen LogP) is 1.62. The molecule has 21 heavy (non-hydrogen) atoms. The predicted molar refractivity (Wildman–Crippen MR) is 79.7 cm³/mol. The van der Waals surface area contributed by atoms with Crippen molar-refractivity contribution in [2.75, 3.05) is 26.2 Å². The first-order valence-corrected chi connectivity index (χ1v) is 7.69. The van der Waals surface area contributed by atoms with Crippen LogP contribution in [0.15, 0.2) is 18.3 Å². The van der Waals surface area contributed by atoms with E-state index in [1.54, 1.807) is 0 Å². The third-order valence-corrected chi connectivity index (χ3v) is 5.01. The summed E-state index contributed by atoms with van der Waals surface area (Å²) in [6.07, 6.45) is 6.27. The second-order valence-corrected chi connectivity index (χ2v) is 6.24. The molecule has 3 heterocycles. The molecule has 0 radical (unpaired) electrons. The van der Waals surface area contributed by atoms with E-state index in [1.165, 1.54) is 0 Å². The number of aryl methyl sites for hydroxylation is 1. The summed E-state index contributed by atoms with van der Waals surface area (Å²) in [6, 6.07) is 6.07. The zero-order chi connectivity index (χ0) is 14.9. The summed E-state index contributed by atoms with van der Waals surface area (Å²) < 4.78 is 1.88. The van der Waals surface area contributed by atoms with Crippen LogP contribution in [0.2, 0.25) is 0 Å². The number of likely N-dealkylation sites (tertiary alicyclic amines) is 2. The molecular weight excluding hydrogens is 264 g/mol. The number of hydrogen-bond donors (Lipinski definition) is 0. The maximum Gasteiger partial charge on any atom is 0.270 e. The molecule has 112 valence electrons. The van der Waals surface area contributed by atoms with Gasteiger partial charge in [0, 0.05) is 31.9 Å². The van der Waals surface area contributed by atoms with Crippen molar-refractivity contribution < 1.29 is 4.79 Å². The number of carbonyl (C=O) groups excluding carboxylic acids is 1. The van der Waals surface area contributed by atoms with E-state index in [1.807, 2.05) is 34.8 Å². The molecule has 2 aliphatic heterocycles. The molecule has 5 nitrogen and oxygen atoms in total. The van der Waals surface area contributed by atoms with E-state index in [2.05, 4.69) is 11.0 Å². The van der Waals surface area contributed by atoms with Crippen LogP contribution in [-0.2, 0) is 7.05 Å². The van der Waals surface area contributed by atoms with Crippen molar-refractivity contribution in [3.63, 3.8) is 0 Å². The van der Waals surface area contributed by atoms with Crippen molar-refractivity contribution >= 4 is 5.91 Å². The van der Waals surface area contributed by atoms with Crippen LogP contribution in [0.1, 0.15) is 36.2 Å². The van der Waals surface area contributed by atoms with Crippen LogP contribution in [0.5, 0.6) is 0 Å². The first-order valence-electron chi connectivity index (χ1n) is 7.69.